The number of nitrogens with one attached hydrogen (secondary N) is 1. The Morgan fingerprint density at radius 2 is 1.89 bits per heavy atom. The average molecular weight is 553 g/mol. The molecule has 0 bridgehead atoms. The third-order valence-electron chi connectivity index (χ3n) is 8.30. The van der Waals surface area contributed by atoms with Crippen molar-refractivity contribution in [3.8, 4) is 0 Å². The first kappa shape index (κ1) is 25.8. The Labute approximate surface area is 227 Å². The maximum Gasteiger partial charge on any atom is 0.309 e. The summed E-state index contributed by atoms with van der Waals surface area (Å²) in [5.74, 6) is 1.87. The Balaban J connectivity index is 1.20. The summed E-state index contributed by atoms with van der Waals surface area (Å²) in [6.07, 6.45) is 2.64. The summed E-state index contributed by atoms with van der Waals surface area (Å²) >= 11 is 19.0. The van der Waals surface area contributed by atoms with Gasteiger partial charge in [0.2, 0.25) is 5.95 Å². The van der Waals surface area contributed by atoms with Crippen molar-refractivity contribution in [1.29, 1.82) is 0 Å². The third kappa shape index (κ3) is 4.87. The number of carboxylic acid groups (broad SMARTS) is 1. The van der Waals surface area contributed by atoms with E-state index in [0.717, 1.165) is 56.7 Å². The van der Waals surface area contributed by atoms with E-state index in [1.54, 1.807) is 6.07 Å². The van der Waals surface area contributed by atoms with Gasteiger partial charge >= 0.3 is 5.97 Å². The van der Waals surface area contributed by atoms with E-state index in [1.165, 1.54) is 0 Å². The zero-order valence-corrected chi connectivity index (χ0v) is 23.0. The molecule has 1 aromatic carbocycles. The monoisotopic (exact) mass is 551 g/mol. The highest BCUT2D eigenvalue weighted by atomic mass is 35.5. The molecular weight excluding hydrogens is 521 g/mol. The van der Waals surface area contributed by atoms with E-state index in [1.807, 2.05) is 32.9 Å². The molecule has 3 aliphatic rings. The molecule has 2 N–H and O–H groups in total. The summed E-state index contributed by atoms with van der Waals surface area (Å²) in [4.78, 5) is 25.6. The predicted molar refractivity (Wildman–Crippen MR) is 144 cm³/mol. The van der Waals surface area contributed by atoms with Crippen molar-refractivity contribution in [2.75, 3.05) is 36.4 Å². The van der Waals surface area contributed by atoms with Crippen LogP contribution >= 0.6 is 34.8 Å². The number of benzene rings is 1. The van der Waals surface area contributed by atoms with Crippen molar-refractivity contribution in [3.05, 3.63) is 44.5 Å². The topological polar surface area (TPSA) is 81.6 Å². The van der Waals surface area contributed by atoms with E-state index in [0.29, 0.717) is 44.7 Å². The summed E-state index contributed by atoms with van der Waals surface area (Å²) in [6.45, 7) is 9.74. The molecule has 194 valence electrons. The lowest BCUT2D eigenvalue weighted by Crippen LogP contribution is -2.61. The second kappa shape index (κ2) is 9.82. The molecule has 0 spiro atoms. The minimum atomic E-state index is -0.667. The number of halogens is 3. The summed E-state index contributed by atoms with van der Waals surface area (Å²) < 4.78 is 0. The van der Waals surface area contributed by atoms with E-state index in [9.17, 15) is 9.90 Å². The first-order chi connectivity index (χ1) is 17.0. The second-order valence-corrected chi connectivity index (χ2v) is 12.2. The molecule has 0 radical (unpaired) electrons. The summed E-state index contributed by atoms with van der Waals surface area (Å²) in [6, 6.07) is 5.77. The van der Waals surface area contributed by atoms with Gasteiger partial charge in [-0.05, 0) is 69.6 Å². The van der Waals surface area contributed by atoms with Crippen molar-refractivity contribution in [1.82, 2.24) is 14.9 Å². The fourth-order valence-corrected chi connectivity index (χ4v) is 6.54. The first-order valence-electron chi connectivity index (χ1n) is 12.5. The predicted octanol–water partition coefficient (Wildman–Crippen LogP) is 5.93. The van der Waals surface area contributed by atoms with Crippen molar-refractivity contribution in [2.24, 2.45) is 17.3 Å². The Kier molecular flexibility index (Phi) is 7.05. The van der Waals surface area contributed by atoms with Gasteiger partial charge in [-0.2, -0.15) is 4.98 Å². The highest BCUT2D eigenvalue weighted by Crippen LogP contribution is 2.46. The molecule has 2 atom stereocenters. The number of aryl methyl sites for hydroxylation is 1. The molecule has 7 nitrogen and oxygen atoms in total. The van der Waals surface area contributed by atoms with E-state index in [-0.39, 0.29) is 6.04 Å². The van der Waals surface area contributed by atoms with Crippen LogP contribution in [0.25, 0.3) is 0 Å². The highest BCUT2D eigenvalue weighted by molar-refractivity contribution is 6.35. The van der Waals surface area contributed by atoms with Crippen molar-refractivity contribution in [3.63, 3.8) is 0 Å². The maximum absolute atomic E-state index is 11.4. The number of hydrogen-bond acceptors (Lipinski definition) is 6. The number of hydrogen-bond donors (Lipinski definition) is 2. The Morgan fingerprint density at radius 3 is 2.56 bits per heavy atom. The van der Waals surface area contributed by atoms with Gasteiger partial charge in [-0.3, -0.25) is 9.69 Å². The summed E-state index contributed by atoms with van der Waals surface area (Å²) in [5.41, 5.74) is 1.12. The van der Waals surface area contributed by atoms with Gasteiger partial charge in [-0.25, -0.2) is 4.98 Å². The van der Waals surface area contributed by atoms with Crippen molar-refractivity contribution >= 4 is 52.5 Å². The van der Waals surface area contributed by atoms with Gasteiger partial charge in [0.05, 0.1) is 17.2 Å². The molecule has 2 aromatic rings. The van der Waals surface area contributed by atoms with Gasteiger partial charge in [0.1, 0.15) is 5.02 Å². The molecule has 10 heteroatoms. The average Bonchev–Trinajstić information content (AvgIpc) is 3.23. The standard InChI is InChI=1S/C26H32Cl3N5O2/c1-14(20-5-4-18(27)8-21(20)28)30-23-22(29)15(2)31-25(32-23)33-7-6-16(11-33)17-12-34(13-17)19-9-26(3,10-19)24(35)36/h4-5,8,14,16-17,19H,6-7,9-13H2,1-3H3,(H,35,36)(H,30,31,32)/t14-,16?,19?,26?/m1/s1. The van der Waals surface area contributed by atoms with Gasteiger partial charge < -0.3 is 15.3 Å². The van der Waals surface area contributed by atoms with Crippen LogP contribution in [-0.4, -0.2) is 58.2 Å². The molecule has 1 aromatic heterocycles. The Bertz CT molecular complexity index is 1170. The zero-order chi connectivity index (χ0) is 25.8. The Morgan fingerprint density at radius 1 is 1.17 bits per heavy atom. The van der Waals surface area contributed by atoms with E-state index in [2.05, 4.69) is 15.1 Å². The smallest absolute Gasteiger partial charge is 0.309 e. The molecular formula is C26H32Cl3N5O2. The lowest BCUT2D eigenvalue weighted by Gasteiger charge is -2.54. The molecule has 3 fully saturated rings. The van der Waals surface area contributed by atoms with E-state index < -0.39 is 11.4 Å². The molecule has 2 saturated heterocycles. The number of rotatable bonds is 7. The maximum atomic E-state index is 11.4. The normalized spacial score (nSPS) is 27.4. The summed E-state index contributed by atoms with van der Waals surface area (Å²) in [7, 11) is 0. The van der Waals surface area contributed by atoms with E-state index in [4.69, 9.17) is 44.8 Å². The van der Waals surface area contributed by atoms with Gasteiger partial charge in [-0.15, -0.1) is 0 Å². The van der Waals surface area contributed by atoms with Crippen LogP contribution in [0.3, 0.4) is 0 Å². The van der Waals surface area contributed by atoms with E-state index >= 15 is 0 Å². The van der Waals surface area contributed by atoms with Crippen LogP contribution in [0.5, 0.6) is 0 Å². The fourth-order valence-electron chi connectivity index (χ4n) is 5.83. The number of carboxylic acids is 1. The van der Waals surface area contributed by atoms with Crippen LogP contribution in [0.4, 0.5) is 11.8 Å². The van der Waals surface area contributed by atoms with Crippen LogP contribution in [-0.2, 0) is 4.79 Å². The minimum absolute atomic E-state index is 0.115. The van der Waals surface area contributed by atoms with Crippen molar-refractivity contribution < 1.29 is 9.90 Å². The SMILES string of the molecule is Cc1nc(N2CCC(C3CN(C4CC(C)(C(=O)O)C4)C3)C2)nc(N[C@H](C)c2ccc(Cl)cc2Cl)c1Cl. The number of aliphatic carboxylic acids is 1. The molecule has 0 amide bonds. The molecule has 1 saturated carbocycles. The van der Waals surface area contributed by atoms with Crippen LogP contribution in [0, 0.1) is 24.2 Å². The number of likely N-dealkylation sites (tertiary alicyclic amines) is 1. The van der Waals surface area contributed by atoms with Crippen molar-refractivity contribution in [2.45, 2.75) is 52.1 Å². The number of carbonyl (C=O) groups is 1. The third-order valence-corrected chi connectivity index (χ3v) is 9.32. The molecule has 36 heavy (non-hydrogen) atoms. The zero-order valence-electron chi connectivity index (χ0n) is 20.8. The van der Waals surface area contributed by atoms with Gasteiger partial charge in [-0.1, -0.05) is 40.9 Å². The lowest BCUT2D eigenvalue weighted by atomic mass is 9.65. The highest BCUT2D eigenvalue weighted by Gasteiger charge is 2.51. The van der Waals surface area contributed by atoms with Crippen LogP contribution < -0.4 is 10.2 Å². The van der Waals surface area contributed by atoms with Crippen LogP contribution in [0.2, 0.25) is 15.1 Å². The molecule has 1 unspecified atom stereocenters. The van der Waals surface area contributed by atoms with Gasteiger partial charge in [0.15, 0.2) is 5.82 Å². The number of anilines is 2. The second-order valence-electron chi connectivity index (χ2n) is 10.9. The molecule has 5 rings (SSSR count). The molecule has 1 aliphatic carbocycles. The molecule has 2 aliphatic heterocycles. The van der Waals surface area contributed by atoms with Crippen LogP contribution in [0.1, 0.15) is 50.4 Å². The number of aromatic nitrogens is 2. The van der Waals surface area contributed by atoms with Gasteiger partial charge in [0, 0.05) is 42.3 Å². The lowest BCUT2D eigenvalue weighted by molar-refractivity contribution is -0.160. The number of nitrogens with zero attached hydrogens (tertiary/aromatic N) is 4. The largest absolute Gasteiger partial charge is 0.481 e. The summed E-state index contributed by atoms with van der Waals surface area (Å²) in [5, 5.41) is 14.5. The Hall–Kier alpha value is -1.80. The van der Waals surface area contributed by atoms with Crippen LogP contribution in [0.15, 0.2) is 18.2 Å². The quantitative estimate of drug-likeness (QED) is 0.441. The first-order valence-corrected chi connectivity index (χ1v) is 13.7. The molecule has 3 heterocycles. The fraction of sp³-hybridized carbons (Fsp3) is 0.577. The van der Waals surface area contributed by atoms with Gasteiger partial charge in [0.25, 0.3) is 0 Å². The minimum Gasteiger partial charge on any atom is -0.481 e.